The van der Waals surface area contributed by atoms with Crippen molar-refractivity contribution in [2.75, 3.05) is 25.6 Å². The van der Waals surface area contributed by atoms with E-state index in [0.29, 0.717) is 0 Å². The highest BCUT2D eigenvalue weighted by Gasteiger charge is 1.99. The molecule has 84 valence electrons. The van der Waals surface area contributed by atoms with Gasteiger partial charge in [0.05, 0.1) is 0 Å². The molecule has 0 aliphatic heterocycles. The van der Waals surface area contributed by atoms with Crippen molar-refractivity contribution in [1.82, 2.24) is 4.98 Å². The van der Waals surface area contributed by atoms with Gasteiger partial charge in [0.1, 0.15) is 5.82 Å². The van der Waals surface area contributed by atoms with Crippen LogP contribution in [-0.4, -0.2) is 25.2 Å². The lowest BCUT2D eigenvalue weighted by atomic mass is 10.2. The smallest absolute Gasteiger partial charge is 0.128 e. The molecule has 0 unspecified atom stereocenters. The summed E-state index contributed by atoms with van der Waals surface area (Å²) in [6, 6.07) is 2.06. The molecule has 1 N–H and O–H groups in total. The van der Waals surface area contributed by atoms with Gasteiger partial charge in [-0.15, -0.1) is 0 Å². The fraction of sp³-hybridized carbons (Fsp3) is 0.545. The van der Waals surface area contributed by atoms with Crippen LogP contribution in [0.25, 0.3) is 0 Å². The molecule has 0 aliphatic rings. The Morgan fingerprint density at radius 1 is 1.47 bits per heavy atom. The van der Waals surface area contributed by atoms with Crippen LogP contribution >= 0.6 is 15.9 Å². The highest BCUT2D eigenvalue weighted by atomic mass is 79.9. The van der Waals surface area contributed by atoms with Crippen molar-refractivity contribution < 1.29 is 4.74 Å². The average Bonchev–Trinajstić information content (AvgIpc) is 2.20. The first kappa shape index (κ1) is 12.5. The van der Waals surface area contributed by atoms with Crippen molar-refractivity contribution in [2.45, 2.75) is 19.8 Å². The van der Waals surface area contributed by atoms with Gasteiger partial charge in [-0.05, 0) is 47.3 Å². The van der Waals surface area contributed by atoms with E-state index < -0.39 is 0 Å². The second kappa shape index (κ2) is 6.80. The summed E-state index contributed by atoms with van der Waals surface area (Å²) in [6.07, 6.45) is 3.99. The van der Waals surface area contributed by atoms with Crippen LogP contribution in [-0.2, 0) is 4.74 Å². The van der Waals surface area contributed by atoms with Gasteiger partial charge in [-0.25, -0.2) is 4.98 Å². The number of nitrogens with zero attached hydrogens (tertiary/aromatic N) is 1. The lowest BCUT2D eigenvalue weighted by Crippen LogP contribution is -2.05. The number of rotatable bonds is 6. The summed E-state index contributed by atoms with van der Waals surface area (Å²) < 4.78 is 6.00. The number of ether oxygens (including phenoxy) is 1. The highest BCUT2D eigenvalue weighted by molar-refractivity contribution is 9.10. The van der Waals surface area contributed by atoms with Crippen LogP contribution < -0.4 is 5.32 Å². The fourth-order valence-corrected chi connectivity index (χ4v) is 1.75. The Labute approximate surface area is 99.4 Å². The van der Waals surface area contributed by atoms with Crippen molar-refractivity contribution in [3.8, 4) is 0 Å². The lowest BCUT2D eigenvalue weighted by Gasteiger charge is -2.08. The van der Waals surface area contributed by atoms with Gasteiger partial charge < -0.3 is 10.1 Å². The molecule has 0 saturated heterocycles. The summed E-state index contributed by atoms with van der Waals surface area (Å²) in [6.45, 7) is 3.82. The first-order valence-corrected chi connectivity index (χ1v) is 5.88. The number of hydrogen-bond acceptors (Lipinski definition) is 3. The van der Waals surface area contributed by atoms with E-state index in [0.717, 1.165) is 41.8 Å². The number of nitrogens with one attached hydrogen (secondary N) is 1. The minimum absolute atomic E-state index is 0.828. The molecular weight excluding hydrogens is 256 g/mol. The molecule has 0 aliphatic carbocycles. The summed E-state index contributed by atoms with van der Waals surface area (Å²) in [5.41, 5.74) is 1.16. The summed E-state index contributed by atoms with van der Waals surface area (Å²) in [7, 11) is 1.73. The van der Waals surface area contributed by atoms with Gasteiger partial charge in [-0.3, -0.25) is 0 Å². The summed E-state index contributed by atoms with van der Waals surface area (Å²) >= 11 is 3.39. The normalized spacial score (nSPS) is 10.3. The SMILES string of the molecule is COCCCCNc1ncc(Br)cc1C. The van der Waals surface area contributed by atoms with Gasteiger partial charge in [0.25, 0.3) is 0 Å². The molecule has 0 bridgehead atoms. The van der Waals surface area contributed by atoms with Crippen LogP contribution in [0.5, 0.6) is 0 Å². The number of aryl methyl sites for hydroxylation is 1. The zero-order chi connectivity index (χ0) is 11.1. The third kappa shape index (κ3) is 4.62. The number of anilines is 1. The van der Waals surface area contributed by atoms with Gasteiger partial charge in [0.2, 0.25) is 0 Å². The third-order valence-electron chi connectivity index (χ3n) is 2.11. The molecular formula is C11H17BrN2O. The minimum atomic E-state index is 0.828. The first-order valence-electron chi connectivity index (χ1n) is 5.09. The Morgan fingerprint density at radius 2 is 2.27 bits per heavy atom. The first-order chi connectivity index (χ1) is 7.24. The van der Waals surface area contributed by atoms with Crippen molar-refractivity contribution in [3.63, 3.8) is 0 Å². The minimum Gasteiger partial charge on any atom is -0.385 e. The van der Waals surface area contributed by atoms with E-state index in [1.165, 1.54) is 0 Å². The fourth-order valence-electron chi connectivity index (χ4n) is 1.30. The van der Waals surface area contributed by atoms with Gasteiger partial charge in [-0.2, -0.15) is 0 Å². The van der Waals surface area contributed by atoms with Crippen molar-refractivity contribution in [1.29, 1.82) is 0 Å². The molecule has 1 heterocycles. The van der Waals surface area contributed by atoms with Gasteiger partial charge >= 0.3 is 0 Å². The maximum Gasteiger partial charge on any atom is 0.128 e. The average molecular weight is 273 g/mol. The Hall–Kier alpha value is -0.610. The van der Waals surface area contributed by atoms with Crippen LogP contribution in [0.4, 0.5) is 5.82 Å². The van der Waals surface area contributed by atoms with E-state index in [1.54, 1.807) is 7.11 Å². The third-order valence-corrected chi connectivity index (χ3v) is 2.55. The van der Waals surface area contributed by atoms with E-state index in [9.17, 15) is 0 Å². The predicted octanol–water partition coefficient (Wildman–Crippen LogP) is 2.99. The molecule has 3 nitrogen and oxygen atoms in total. The zero-order valence-corrected chi connectivity index (χ0v) is 10.8. The quantitative estimate of drug-likeness (QED) is 0.809. The molecule has 0 saturated carbocycles. The molecule has 1 aromatic heterocycles. The predicted molar refractivity (Wildman–Crippen MR) is 66.3 cm³/mol. The Bertz CT molecular complexity index is 305. The highest BCUT2D eigenvalue weighted by Crippen LogP contribution is 2.16. The second-order valence-electron chi connectivity index (χ2n) is 3.45. The topological polar surface area (TPSA) is 34.1 Å². The number of unbranched alkanes of at least 4 members (excludes halogenated alkanes) is 1. The summed E-state index contributed by atoms with van der Waals surface area (Å²) in [5.74, 6) is 0.968. The van der Waals surface area contributed by atoms with Crippen molar-refractivity contribution >= 4 is 21.7 Å². The lowest BCUT2D eigenvalue weighted by molar-refractivity contribution is 0.194. The number of halogens is 1. The molecule has 0 radical (unpaired) electrons. The van der Waals surface area contributed by atoms with Crippen molar-refractivity contribution in [2.24, 2.45) is 0 Å². The maximum absolute atomic E-state index is 4.98. The number of methoxy groups -OCH3 is 1. The number of hydrogen-bond donors (Lipinski definition) is 1. The summed E-state index contributed by atoms with van der Waals surface area (Å²) in [5, 5.41) is 3.31. The molecule has 4 heteroatoms. The van der Waals surface area contributed by atoms with Crippen LogP contribution in [0.1, 0.15) is 18.4 Å². The molecule has 0 aromatic carbocycles. The molecule has 0 fully saturated rings. The standard InChI is InChI=1S/C11H17BrN2O/c1-9-7-10(12)8-14-11(9)13-5-3-4-6-15-2/h7-8H,3-6H2,1-2H3,(H,13,14). The van der Waals surface area contributed by atoms with E-state index in [4.69, 9.17) is 4.74 Å². The zero-order valence-electron chi connectivity index (χ0n) is 9.22. The molecule has 15 heavy (non-hydrogen) atoms. The summed E-state index contributed by atoms with van der Waals surface area (Å²) in [4.78, 5) is 4.31. The van der Waals surface area contributed by atoms with Crippen LogP contribution in [0.2, 0.25) is 0 Å². The maximum atomic E-state index is 4.98. The van der Waals surface area contributed by atoms with Crippen molar-refractivity contribution in [3.05, 3.63) is 22.3 Å². The Balaban J connectivity index is 2.31. The number of pyridine rings is 1. The molecule has 0 amide bonds. The number of aromatic nitrogens is 1. The van der Waals surface area contributed by atoms with E-state index >= 15 is 0 Å². The second-order valence-corrected chi connectivity index (χ2v) is 4.36. The van der Waals surface area contributed by atoms with Gasteiger partial charge in [-0.1, -0.05) is 0 Å². The van der Waals surface area contributed by atoms with E-state index in [2.05, 4.69) is 39.2 Å². The van der Waals surface area contributed by atoms with E-state index in [1.807, 2.05) is 6.20 Å². The molecule has 0 spiro atoms. The molecule has 0 atom stereocenters. The molecule has 1 aromatic rings. The Kier molecular flexibility index (Phi) is 5.65. The van der Waals surface area contributed by atoms with Crippen LogP contribution in [0.3, 0.4) is 0 Å². The largest absolute Gasteiger partial charge is 0.385 e. The monoisotopic (exact) mass is 272 g/mol. The van der Waals surface area contributed by atoms with Crippen LogP contribution in [0, 0.1) is 6.92 Å². The van der Waals surface area contributed by atoms with Crippen LogP contribution in [0.15, 0.2) is 16.7 Å². The van der Waals surface area contributed by atoms with Gasteiger partial charge in [0, 0.05) is 30.9 Å². The van der Waals surface area contributed by atoms with Gasteiger partial charge in [0.15, 0.2) is 0 Å². The Morgan fingerprint density at radius 3 is 2.93 bits per heavy atom. The van der Waals surface area contributed by atoms with E-state index in [-0.39, 0.29) is 0 Å². The molecule has 1 rings (SSSR count).